The molecule has 0 saturated heterocycles. The molecule has 0 spiro atoms. The zero-order chi connectivity index (χ0) is 32.5. The van der Waals surface area contributed by atoms with Crippen LogP contribution in [-0.4, -0.2) is 95.9 Å². The summed E-state index contributed by atoms with van der Waals surface area (Å²) in [6.07, 6.45) is 3.31. The molecule has 0 radical (unpaired) electrons. The summed E-state index contributed by atoms with van der Waals surface area (Å²) in [5.41, 5.74) is 3.53. The first-order chi connectivity index (χ1) is 21.5. The predicted octanol–water partition coefficient (Wildman–Crippen LogP) is 2.08. The van der Waals surface area contributed by atoms with Gasteiger partial charge in [-0.05, 0) is 92.1 Å². The van der Waals surface area contributed by atoms with E-state index in [1.807, 2.05) is 24.3 Å². The molecule has 1 atom stereocenters. The van der Waals surface area contributed by atoms with Crippen LogP contribution in [0.15, 0.2) is 45.7 Å². The third-order valence-electron chi connectivity index (χ3n) is 8.73. The van der Waals surface area contributed by atoms with Crippen LogP contribution in [0.5, 0.6) is 0 Å². The zero-order valence-corrected chi connectivity index (χ0v) is 26.3. The first-order valence-electron chi connectivity index (χ1n) is 15.2. The first-order valence-corrected chi connectivity index (χ1v) is 15.2. The van der Waals surface area contributed by atoms with Crippen LogP contribution in [0.3, 0.4) is 0 Å². The molecule has 12 nitrogen and oxygen atoms in total. The molecule has 1 heterocycles. The highest BCUT2D eigenvalue weighted by atomic mass is 16.5. The number of benzene rings is 2. The van der Waals surface area contributed by atoms with Gasteiger partial charge in [-0.25, -0.2) is 4.79 Å². The summed E-state index contributed by atoms with van der Waals surface area (Å²) >= 11 is 0. The van der Waals surface area contributed by atoms with Gasteiger partial charge in [-0.15, -0.1) is 0 Å². The van der Waals surface area contributed by atoms with Crippen LogP contribution in [0, 0.1) is 11.3 Å². The molecule has 1 fully saturated rings. The van der Waals surface area contributed by atoms with Gasteiger partial charge in [-0.1, -0.05) is 17.3 Å². The molecule has 2 aromatic carbocycles. The summed E-state index contributed by atoms with van der Waals surface area (Å²) in [5, 5.41) is 16.9. The maximum atomic E-state index is 13.2. The van der Waals surface area contributed by atoms with Crippen molar-refractivity contribution in [3.05, 3.63) is 86.2 Å². The monoisotopic (exact) mass is 613 g/mol. The number of H-pyrrole nitrogens is 1. The number of amides is 3. The Hall–Kier alpha value is -4.76. The Balaban J connectivity index is 1.59. The lowest BCUT2D eigenvalue weighted by molar-refractivity contribution is -0.131. The van der Waals surface area contributed by atoms with E-state index in [1.165, 1.54) is 9.80 Å². The van der Waals surface area contributed by atoms with Gasteiger partial charge in [0.1, 0.15) is 6.04 Å². The minimum absolute atomic E-state index is 0.0419. The predicted molar refractivity (Wildman–Crippen MR) is 166 cm³/mol. The summed E-state index contributed by atoms with van der Waals surface area (Å²) in [4.78, 5) is 58.9. The zero-order valence-electron chi connectivity index (χ0n) is 26.3. The molecule has 1 unspecified atom stereocenters. The molecular weight excluding hydrogens is 574 g/mol. The Kier molecular flexibility index (Phi) is 8.93. The van der Waals surface area contributed by atoms with Crippen LogP contribution in [0.4, 0.5) is 0 Å². The maximum absolute atomic E-state index is 13.2. The third kappa shape index (κ3) is 6.13. The third-order valence-corrected chi connectivity index (χ3v) is 8.73. The number of aryl methyl sites for hydroxylation is 2. The molecule has 1 aromatic heterocycles. The molecule has 0 aliphatic heterocycles. The number of nitriles is 1. The Morgan fingerprint density at radius 3 is 2.02 bits per heavy atom. The minimum Gasteiger partial charge on any atom is -0.345 e. The second-order valence-corrected chi connectivity index (χ2v) is 12.3. The highest BCUT2D eigenvalue weighted by molar-refractivity contribution is 5.95. The summed E-state index contributed by atoms with van der Waals surface area (Å²) in [6.45, 7) is 2.12. The molecular formula is C33H39N7O5. The van der Waals surface area contributed by atoms with E-state index >= 15 is 0 Å². The van der Waals surface area contributed by atoms with E-state index in [1.54, 1.807) is 52.1 Å². The largest absolute Gasteiger partial charge is 0.438 e. The van der Waals surface area contributed by atoms with Crippen LogP contribution in [-0.2, 0) is 23.1 Å². The van der Waals surface area contributed by atoms with Crippen molar-refractivity contribution in [2.45, 2.75) is 56.5 Å². The number of carbonyl (C=O) groups is 3. The van der Waals surface area contributed by atoms with E-state index < -0.39 is 17.2 Å². The number of aromatic amines is 1. The van der Waals surface area contributed by atoms with Crippen molar-refractivity contribution in [1.29, 1.82) is 5.26 Å². The number of hydrogen-bond acceptors (Lipinski definition) is 8. The second-order valence-electron chi connectivity index (χ2n) is 12.3. The fourth-order valence-corrected chi connectivity index (χ4v) is 6.40. The van der Waals surface area contributed by atoms with Crippen molar-refractivity contribution in [3.63, 3.8) is 0 Å². The van der Waals surface area contributed by atoms with Crippen molar-refractivity contribution in [2.75, 3.05) is 41.3 Å². The van der Waals surface area contributed by atoms with Crippen molar-refractivity contribution >= 4 is 17.7 Å². The minimum atomic E-state index is -1.04. The maximum Gasteiger partial charge on any atom is 0.438 e. The Bertz CT molecular complexity index is 1640. The molecule has 45 heavy (non-hydrogen) atoms. The Morgan fingerprint density at radius 2 is 1.58 bits per heavy atom. The number of nitrogens with one attached hydrogen (secondary N) is 2. The molecule has 2 N–H and O–H groups in total. The van der Waals surface area contributed by atoms with Gasteiger partial charge in [-0.2, -0.15) is 5.26 Å². The molecule has 2 aliphatic rings. The second kappa shape index (κ2) is 12.7. The van der Waals surface area contributed by atoms with Crippen LogP contribution >= 0.6 is 0 Å². The Morgan fingerprint density at radius 1 is 1.02 bits per heavy atom. The topological polar surface area (TPSA) is 156 Å². The fraction of sp³-hybridized carbons (Fsp3) is 0.455. The van der Waals surface area contributed by atoms with Gasteiger partial charge < -0.3 is 20.0 Å². The average molecular weight is 614 g/mol. The summed E-state index contributed by atoms with van der Waals surface area (Å²) in [7, 11) is 6.80. The fourth-order valence-electron chi connectivity index (χ4n) is 6.40. The quantitative estimate of drug-likeness (QED) is 0.330. The molecule has 3 aromatic rings. The molecule has 12 heteroatoms. The van der Waals surface area contributed by atoms with Gasteiger partial charge in [-0.3, -0.25) is 23.9 Å². The van der Waals surface area contributed by atoms with E-state index in [0.717, 1.165) is 35.1 Å². The lowest BCUT2D eigenvalue weighted by atomic mass is 9.69. The van der Waals surface area contributed by atoms with Crippen LogP contribution in [0.2, 0.25) is 0 Å². The molecule has 2 aliphatic carbocycles. The molecule has 5 rings (SSSR count). The van der Waals surface area contributed by atoms with Crippen LogP contribution < -0.4 is 11.1 Å². The van der Waals surface area contributed by atoms with Gasteiger partial charge in [0, 0.05) is 45.4 Å². The van der Waals surface area contributed by atoms with Crippen LogP contribution in [0.1, 0.15) is 75.0 Å². The van der Waals surface area contributed by atoms with E-state index in [9.17, 15) is 24.4 Å². The number of hydrogen-bond donors (Lipinski definition) is 2. The molecule has 3 amide bonds. The summed E-state index contributed by atoms with van der Waals surface area (Å²) in [6, 6.07) is 12.9. The number of fused-ring (bicyclic) bond motifs is 2. The van der Waals surface area contributed by atoms with Gasteiger partial charge in [0.15, 0.2) is 5.82 Å². The normalized spacial score (nSPS) is 15.6. The highest BCUT2D eigenvalue weighted by Gasteiger charge is 2.44. The number of carbonyl (C=O) groups excluding carboxylic acids is 3. The van der Waals surface area contributed by atoms with Gasteiger partial charge in [0.05, 0.1) is 18.0 Å². The van der Waals surface area contributed by atoms with Crippen molar-refractivity contribution in [1.82, 2.24) is 30.2 Å². The van der Waals surface area contributed by atoms with E-state index in [0.29, 0.717) is 42.8 Å². The number of nitrogens with zero attached hydrogens (tertiary/aromatic N) is 5. The first kappa shape index (κ1) is 31.7. The summed E-state index contributed by atoms with van der Waals surface area (Å²) < 4.78 is 5.05. The van der Waals surface area contributed by atoms with Crippen molar-refractivity contribution in [3.8, 4) is 6.07 Å². The number of aromatic nitrogens is 2. The van der Waals surface area contributed by atoms with Crippen molar-refractivity contribution < 1.29 is 18.9 Å². The highest BCUT2D eigenvalue weighted by Crippen LogP contribution is 2.46. The van der Waals surface area contributed by atoms with Gasteiger partial charge >= 0.3 is 5.76 Å². The smallest absolute Gasteiger partial charge is 0.345 e. The van der Waals surface area contributed by atoms with Gasteiger partial charge in [0.2, 0.25) is 5.91 Å². The lowest BCUT2D eigenvalue weighted by Crippen LogP contribution is -2.45. The van der Waals surface area contributed by atoms with E-state index in [2.05, 4.69) is 21.5 Å². The van der Waals surface area contributed by atoms with Gasteiger partial charge in [0.25, 0.3) is 11.8 Å². The number of rotatable bonds is 10. The van der Waals surface area contributed by atoms with E-state index in [-0.39, 0.29) is 30.3 Å². The van der Waals surface area contributed by atoms with E-state index in [4.69, 9.17) is 4.52 Å². The lowest BCUT2D eigenvalue weighted by Gasteiger charge is -2.35. The molecule has 0 bridgehead atoms. The summed E-state index contributed by atoms with van der Waals surface area (Å²) in [5.74, 6) is -0.821. The standard InChI is InChI=1S/C33H39N7O5/c1-20(18-34)40(25-10-11-25)28(41)19-35-15-14-33(31-36-32(44)45-37-31)26-12-8-23(29(42)38(2)3)16-21(26)6-7-22-17-24(9-13-27(22)33)30(43)39(4)5/h8-9,12-13,16-17,20,25,35H,6-7,10-11,14-15,19H2,1-5H3,(H,36,37,44). The molecule has 236 valence electrons. The SMILES string of the molecule is CC(C#N)N(C(=O)CNCCC1(c2noc(=O)[nH]2)c2ccc(C(=O)N(C)C)cc2CCc2cc(C(=O)N(C)C)ccc21)C1CC1. The Labute approximate surface area is 262 Å². The molecule has 1 saturated carbocycles. The average Bonchev–Trinajstić information content (AvgIpc) is 3.78. The van der Waals surface area contributed by atoms with Crippen molar-refractivity contribution in [2.24, 2.45) is 0 Å². The van der Waals surface area contributed by atoms with Crippen LogP contribution in [0.25, 0.3) is 0 Å².